The van der Waals surface area contributed by atoms with Crippen molar-refractivity contribution >= 4 is 11.1 Å². The van der Waals surface area contributed by atoms with Crippen molar-refractivity contribution in [3.8, 4) is 0 Å². The van der Waals surface area contributed by atoms with Crippen LogP contribution in [0.1, 0.15) is 6.42 Å². The second-order valence-corrected chi connectivity index (χ2v) is 3.35. The second kappa shape index (κ2) is 4.97. The molecule has 1 aliphatic carbocycles. The average Bonchev–Trinajstić information content (AvgIpc) is 2.39. The maximum Gasteiger partial charge on any atom is 1.00 e. The van der Waals surface area contributed by atoms with Gasteiger partial charge in [-0.25, -0.2) is 8.78 Å². The monoisotopic (exact) mass is 208 g/mol. The number of hydrogen-bond acceptors (Lipinski definition) is 3. The first-order valence-electron chi connectivity index (χ1n) is 3.07. The summed E-state index contributed by atoms with van der Waals surface area (Å²) in [5, 5.41) is 0. The van der Waals surface area contributed by atoms with E-state index in [4.69, 9.17) is 0 Å². The molecule has 1 rings (SSSR count). The zero-order valence-corrected chi connectivity index (χ0v) is 9.40. The normalized spacial score (nSPS) is 27.4. The van der Waals surface area contributed by atoms with Crippen LogP contribution in [-0.4, -0.2) is 33.1 Å². The molecule has 1 fully saturated rings. The van der Waals surface area contributed by atoms with E-state index in [2.05, 4.69) is 4.74 Å². The van der Waals surface area contributed by atoms with Gasteiger partial charge >= 0.3 is 29.6 Å². The molecule has 1 saturated carbocycles. The third-order valence-corrected chi connectivity index (χ3v) is 1.84. The van der Waals surface area contributed by atoms with Gasteiger partial charge in [0.2, 0.25) is 0 Å². The van der Waals surface area contributed by atoms with Crippen LogP contribution in [0, 0.1) is 0 Å². The van der Waals surface area contributed by atoms with E-state index in [1.165, 1.54) is 0 Å². The van der Waals surface area contributed by atoms with Crippen molar-refractivity contribution in [3.63, 3.8) is 0 Å². The molecule has 2 unspecified atom stereocenters. The summed E-state index contributed by atoms with van der Waals surface area (Å²) in [6.45, 7) is -0.142. The Morgan fingerprint density at radius 1 is 1.67 bits per heavy atom. The van der Waals surface area contributed by atoms with Crippen LogP contribution in [0.5, 0.6) is 0 Å². The molecule has 0 aliphatic heterocycles. The number of rotatable bonds is 4. The molecule has 1 aliphatic rings. The molecule has 7 heteroatoms. The van der Waals surface area contributed by atoms with Crippen LogP contribution < -0.4 is 29.6 Å². The minimum atomic E-state index is -2.72. The van der Waals surface area contributed by atoms with Crippen LogP contribution in [0.3, 0.4) is 0 Å². The van der Waals surface area contributed by atoms with Crippen LogP contribution in [0.4, 0.5) is 8.78 Å². The smallest absolute Gasteiger partial charge is 0.772 e. The molecular formula is C5H7F2NaO3S. The summed E-state index contributed by atoms with van der Waals surface area (Å²) in [4.78, 5) is 0. The predicted molar refractivity (Wildman–Crippen MR) is 33.1 cm³/mol. The Balaban J connectivity index is 0.00000121. The largest absolute Gasteiger partial charge is 1.00 e. The molecule has 0 spiro atoms. The van der Waals surface area contributed by atoms with Crippen molar-refractivity contribution in [1.29, 1.82) is 0 Å². The summed E-state index contributed by atoms with van der Waals surface area (Å²) < 4.78 is 48.4. The Labute approximate surface area is 93.4 Å². The first-order chi connectivity index (χ1) is 5.02. The van der Waals surface area contributed by atoms with E-state index < -0.39 is 23.1 Å². The van der Waals surface area contributed by atoms with E-state index >= 15 is 0 Å². The summed E-state index contributed by atoms with van der Waals surface area (Å²) in [5.41, 5.74) is 0. The SMILES string of the molecule is O=S([O-])CCOC1CC1(F)F.[Na+]. The molecule has 0 saturated heterocycles. The van der Waals surface area contributed by atoms with Crippen LogP contribution in [-0.2, 0) is 15.8 Å². The minimum absolute atomic E-state index is 0. The molecule has 12 heavy (non-hydrogen) atoms. The number of ether oxygens (including phenoxy) is 1. The summed E-state index contributed by atoms with van der Waals surface area (Å²) in [5.74, 6) is -2.93. The minimum Gasteiger partial charge on any atom is -0.772 e. The predicted octanol–water partition coefficient (Wildman–Crippen LogP) is -2.71. The fourth-order valence-corrected chi connectivity index (χ4v) is 0.860. The Hall–Kier alpha value is 0.930. The van der Waals surface area contributed by atoms with Crippen molar-refractivity contribution in [1.82, 2.24) is 0 Å². The number of halogens is 2. The van der Waals surface area contributed by atoms with Crippen LogP contribution in [0.2, 0.25) is 0 Å². The van der Waals surface area contributed by atoms with Crippen molar-refractivity contribution in [2.45, 2.75) is 18.4 Å². The quantitative estimate of drug-likeness (QED) is 0.373. The van der Waals surface area contributed by atoms with Crippen LogP contribution in [0.15, 0.2) is 0 Å². The van der Waals surface area contributed by atoms with E-state index in [-0.39, 0.29) is 48.3 Å². The van der Waals surface area contributed by atoms with E-state index in [0.29, 0.717) is 0 Å². The third kappa shape index (κ3) is 4.25. The molecule has 2 atom stereocenters. The Bertz CT molecular complexity index is 178. The fraction of sp³-hybridized carbons (Fsp3) is 1.00. The maximum atomic E-state index is 12.0. The zero-order valence-electron chi connectivity index (χ0n) is 6.59. The van der Waals surface area contributed by atoms with Gasteiger partial charge in [-0.3, -0.25) is 4.21 Å². The van der Waals surface area contributed by atoms with Gasteiger partial charge in [0.15, 0.2) is 0 Å². The van der Waals surface area contributed by atoms with Gasteiger partial charge in [-0.2, -0.15) is 0 Å². The van der Waals surface area contributed by atoms with Gasteiger partial charge < -0.3 is 9.29 Å². The first kappa shape index (κ1) is 12.9. The Kier molecular flexibility index (Phi) is 5.36. The molecule has 0 amide bonds. The second-order valence-electron chi connectivity index (χ2n) is 2.33. The summed E-state index contributed by atoms with van der Waals surface area (Å²) in [6.07, 6.45) is -1.33. The van der Waals surface area contributed by atoms with Gasteiger partial charge in [-0.05, 0) is 0 Å². The summed E-state index contributed by atoms with van der Waals surface area (Å²) >= 11 is -2.20. The molecule has 0 aromatic rings. The average molecular weight is 208 g/mol. The maximum absolute atomic E-state index is 12.0. The molecule has 0 radical (unpaired) electrons. The molecule has 0 bridgehead atoms. The molecule has 0 aromatic carbocycles. The summed E-state index contributed by atoms with van der Waals surface area (Å²) in [7, 11) is 0. The Morgan fingerprint density at radius 3 is 2.50 bits per heavy atom. The number of hydrogen-bond donors (Lipinski definition) is 0. The van der Waals surface area contributed by atoms with Gasteiger partial charge in [0, 0.05) is 12.2 Å². The van der Waals surface area contributed by atoms with Crippen LogP contribution >= 0.6 is 0 Å². The van der Waals surface area contributed by atoms with Gasteiger partial charge in [-0.15, -0.1) is 0 Å². The topological polar surface area (TPSA) is 49.4 Å². The van der Waals surface area contributed by atoms with Crippen molar-refractivity contribution < 1.29 is 51.8 Å². The standard InChI is InChI=1S/C5H8F2O3S.Na/c6-5(7)3-4(5)10-1-2-11(8)9;/h4H,1-3H2,(H,8,9);/q;+1/p-1. The Morgan fingerprint density at radius 2 is 2.17 bits per heavy atom. The van der Waals surface area contributed by atoms with Gasteiger partial charge in [-0.1, -0.05) is 11.1 Å². The third-order valence-electron chi connectivity index (χ3n) is 1.34. The van der Waals surface area contributed by atoms with Gasteiger partial charge in [0.05, 0.1) is 6.61 Å². The van der Waals surface area contributed by atoms with E-state index in [0.717, 1.165) is 0 Å². The van der Waals surface area contributed by atoms with Crippen LogP contribution in [0.25, 0.3) is 0 Å². The van der Waals surface area contributed by atoms with Crippen molar-refractivity contribution in [2.75, 3.05) is 12.4 Å². The van der Waals surface area contributed by atoms with Gasteiger partial charge in [0.25, 0.3) is 5.92 Å². The van der Waals surface area contributed by atoms with E-state index in [9.17, 15) is 17.5 Å². The van der Waals surface area contributed by atoms with Crippen molar-refractivity contribution in [2.24, 2.45) is 0 Å². The zero-order chi connectivity index (χ0) is 8.48. The fourth-order valence-electron chi connectivity index (χ4n) is 0.628. The molecular weight excluding hydrogens is 201 g/mol. The molecule has 0 aromatic heterocycles. The van der Waals surface area contributed by atoms with E-state index in [1.54, 1.807) is 0 Å². The molecule has 3 nitrogen and oxygen atoms in total. The van der Waals surface area contributed by atoms with Gasteiger partial charge in [0.1, 0.15) is 6.10 Å². The first-order valence-corrected chi connectivity index (χ1v) is 4.32. The van der Waals surface area contributed by atoms with E-state index in [1.807, 2.05) is 0 Å². The number of alkyl halides is 2. The molecule has 66 valence electrons. The van der Waals surface area contributed by atoms with Crippen molar-refractivity contribution in [3.05, 3.63) is 0 Å². The summed E-state index contributed by atoms with van der Waals surface area (Å²) in [6, 6.07) is 0. The molecule has 0 heterocycles. The molecule has 0 N–H and O–H groups in total.